The van der Waals surface area contributed by atoms with Crippen molar-refractivity contribution >= 4 is 27.5 Å². The summed E-state index contributed by atoms with van der Waals surface area (Å²) in [6.45, 7) is 12.4. The number of hydrogen-bond donors (Lipinski definition) is 0. The van der Waals surface area contributed by atoms with Crippen LogP contribution in [-0.4, -0.2) is 29.6 Å². The summed E-state index contributed by atoms with van der Waals surface area (Å²) in [5.41, 5.74) is 5.33. The number of benzene rings is 3. The molecule has 6 nitrogen and oxygen atoms in total. The number of aryl methyl sites for hydroxylation is 1. The second-order valence-electron chi connectivity index (χ2n) is 10.7. The molecule has 1 aromatic heterocycles. The van der Waals surface area contributed by atoms with Crippen LogP contribution in [0.1, 0.15) is 63.0 Å². The molecule has 0 unspecified atom stereocenters. The monoisotopic (exact) mass is 508 g/mol. The lowest BCUT2D eigenvalue weighted by molar-refractivity contribution is -0.138. The van der Waals surface area contributed by atoms with Crippen LogP contribution in [0.3, 0.4) is 0 Å². The molecule has 0 radical (unpaired) electrons. The SMILES string of the molecule is CCOc1c(C#N)ccc2c(-c3ccc4c5c(ccnc35)CCO4)c([C@H](OC(C)(C)C)C(C)=O)c(C)cc12. The molecule has 0 saturated carbocycles. The van der Waals surface area contributed by atoms with Crippen molar-refractivity contribution in [3.8, 4) is 28.7 Å². The van der Waals surface area contributed by atoms with Crippen LogP contribution in [0, 0.1) is 18.3 Å². The summed E-state index contributed by atoms with van der Waals surface area (Å²) < 4.78 is 18.4. The van der Waals surface area contributed by atoms with Crippen LogP contribution in [-0.2, 0) is 16.0 Å². The minimum atomic E-state index is -0.789. The summed E-state index contributed by atoms with van der Waals surface area (Å²) in [7, 11) is 0. The van der Waals surface area contributed by atoms with Gasteiger partial charge in [0.15, 0.2) is 5.78 Å². The maximum absolute atomic E-state index is 13.2. The Kier molecular flexibility index (Phi) is 6.58. The van der Waals surface area contributed by atoms with Gasteiger partial charge in [0.1, 0.15) is 23.7 Å². The van der Waals surface area contributed by atoms with Gasteiger partial charge in [-0.3, -0.25) is 9.78 Å². The fourth-order valence-electron chi connectivity index (χ4n) is 5.42. The number of rotatable bonds is 6. The molecular weight excluding hydrogens is 476 g/mol. The number of Topliss-reactive ketones (excluding diaryl/α,β-unsaturated/α-hetero) is 1. The topological polar surface area (TPSA) is 81.4 Å². The zero-order valence-corrected chi connectivity index (χ0v) is 22.8. The van der Waals surface area contributed by atoms with E-state index in [1.54, 1.807) is 13.0 Å². The van der Waals surface area contributed by atoms with Crippen molar-refractivity contribution < 1.29 is 19.0 Å². The Balaban J connectivity index is 1.96. The van der Waals surface area contributed by atoms with Crippen LogP contribution < -0.4 is 9.47 Å². The van der Waals surface area contributed by atoms with Gasteiger partial charge in [-0.1, -0.05) is 6.07 Å². The first kappa shape index (κ1) is 25.7. The zero-order valence-electron chi connectivity index (χ0n) is 22.8. The molecule has 0 amide bonds. The maximum atomic E-state index is 13.2. The highest BCUT2D eigenvalue weighted by Gasteiger charge is 2.31. The van der Waals surface area contributed by atoms with Crippen molar-refractivity contribution in [1.29, 1.82) is 5.26 Å². The number of ether oxygens (including phenoxy) is 3. The van der Waals surface area contributed by atoms with Crippen molar-refractivity contribution in [3.05, 3.63) is 64.8 Å². The van der Waals surface area contributed by atoms with Gasteiger partial charge in [-0.05, 0) is 99.5 Å². The van der Waals surface area contributed by atoms with Crippen LogP contribution in [0.4, 0.5) is 0 Å². The molecule has 0 bridgehead atoms. The molecule has 1 atom stereocenters. The van der Waals surface area contributed by atoms with Crippen molar-refractivity contribution in [1.82, 2.24) is 4.98 Å². The molecule has 4 aromatic rings. The first-order chi connectivity index (χ1) is 18.1. The van der Waals surface area contributed by atoms with Gasteiger partial charge in [0.25, 0.3) is 0 Å². The fourth-order valence-corrected chi connectivity index (χ4v) is 5.42. The van der Waals surface area contributed by atoms with Crippen LogP contribution in [0.15, 0.2) is 42.6 Å². The molecule has 6 heteroatoms. The standard InChI is InChI=1S/C32H32N2O4/c1-7-36-31-21(17-33)8-9-22-24(31)16-18(2)26(30(19(3)35)38-32(4,5)6)28(22)23-10-11-25-27-20(13-15-37-25)12-14-34-29(23)27/h8-12,14,16,30H,7,13,15H2,1-6H3/t30-/m1/s1. The fraction of sp³-hybridized carbons (Fsp3) is 0.344. The average Bonchev–Trinajstić information content (AvgIpc) is 2.87. The summed E-state index contributed by atoms with van der Waals surface area (Å²) in [5.74, 6) is 1.27. The van der Waals surface area contributed by atoms with Crippen molar-refractivity contribution in [2.45, 2.75) is 59.7 Å². The van der Waals surface area contributed by atoms with E-state index in [2.05, 4.69) is 6.07 Å². The van der Waals surface area contributed by atoms with Crippen LogP contribution >= 0.6 is 0 Å². The van der Waals surface area contributed by atoms with Gasteiger partial charge in [0.05, 0.1) is 29.9 Å². The molecule has 2 heterocycles. The summed E-state index contributed by atoms with van der Waals surface area (Å²) in [6.07, 6.45) is 1.85. The molecule has 194 valence electrons. The quantitative estimate of drug-likeness (QED) is 0.279. The van der Waals surface area contributed by atoms with E-state index >= 15 is 0 Å². The first-order valence-electron chi connectivity index (χ1n) is 13.0. The predicted molar refractivity (Wildman–Crippen MR) is 149 cm³/mol. The molecule has 3 aromatic carbocycles. The molecule has 5 rings (SSSR count). The number of ketones is 1. The Hall–Kier alpha value is -3.95. The van der Waals surface area contributed by atoms with Crippen molar-refractivity contribution in [2.24, 2.45) is 0 Å². The average molecular weight is 509 g/mol. The van der Waals surface area contributed by atoms with E-state index in [0.717, 1.165) is 56.1 Å². The van der Waals surface area contributed by atoms with E-state index in [1.807, 2.05) is 71.1 Å². The lowest BCUT2D eigenvalue weighted by atomic mass is 9.84. The number of carbonyl (C=O) groups is 1. The number of pyridine rings is 1. The van der Waals surface area contributed by atoms with E-state index in [1.165, 1.54) is 5.56 Å². The normalized spacial score (nSPS) is 13.7. The zero-order chi connectivity index (χ0) is 27.2. The molecule has 0 aliphatic carbocycles. The number of fused-ring (bicyclic) bond motifs is 1. The van der Waals surface area contributed by atoms with Crippen LogP contribution in [0.25, 0.3) is 32.8 Å². The maximum Gasteiger partial charge on any atom is 0.163 e. The molecule has 0 N–H and O–H groups in total. The van der Waals surface area contributed by atoms with Gasteiger partial charge < -0.3 is 14.2 Å². The minimum absolute atomic E-state index is 0.0821. The third kappa shape index (κ3) is 4.37. The van der Waals surface area contributed by atoms with Crippen molar-refractivity contribution in [3.63, 3.8) is 0 Å². The molecule has 1 aliphatic heterocycles. The Morgan fingerprint density at radius 2 is 1.97 bits per heavy atom. The van der Waals surface area contributed by atoms with E-state index in [-0.39, 0.29) is 5.78 Å². The highest BCUT2D eigenvalue weighted by molar-refractivity contribution is 6.10. The van der Waals surface area contributed by atoms with Gasteiger partial charge in [-0.25, -0.2) is 0 Å². The van der Waals surface area contributed by atoms with Crippen molar-refractivity contribution in [2.75, 3.05) is 13.2 Å². The third-order valence-corrected chi connectivity index (χ3v) is 6.87. The number of carbonyl (C=O) groups excluding carboxylic acids is 1. The summed E-state index contributed by atoms with van der Waals surface area (Å²) in [6, 6.07) is 14.0. The summed E-state index contributed by atoms with van der Waals surface area (Å²) in [5, 5.41) is 12.5. The van der Waals surface area contributed by atoms with E-state index in [4.69, 9.17) is 19.2 Å². The predicted octanol–water partition coefficient (Wildman–Crippen LogP) is 7.01. The Morgan fingerprint density at radius 1 is 1.18 bits per heavy atom. The number of nitrogens with zero attached hydrogens (tertiary/aromatic N) is 2. The van der Waals surface area contributed by atoms with Crippen LogP contribution in [0.2, 0.25) is 0 Å². The van der Waals surface area contributed by atoms with E-state index in [0.29, 0.717) is 24.5 Å². The molecule has 38 heavy (non-hydrogen) atoms. The van der Waals surface area contributed by atoms with Gasteiger partial charge in [0.2, 0.25) is 0 Å². The highest BCUT2D eigenvalue weighted by Crippen LogP contribution is 2.47. The molecular formula is C32H32N2O4. The molecule has 1 aliphatic rings. The van der Waals surface area contributed by atoms with Gasteiger partial charge in [-0.2, -0.15) is 5.26 Å². The van der Waals surface area contributed by atoms with E-state index < -0.39 is 11.7 Å². The summed E-state index contributed by atoms with van der Waals surface area (Å²) >= 11 is 0. The smallest absolute Gasteiger partial charge is 0.163 e. The number of nitriles is 1. The third-order valence-electron chi connectivity index (χ3n) is 6.87. The Labute approximate surface area is 223 Å². The Bertz CT molecular complexity index is 1620. The van der Waals surface area contributed by atoms with Gasteiger partial charge >= 0.3 is 0 Å². The number of hydrogen-bond acceptors (Lipinski definition) is 6. The number of aromatic nitrogens is 1. The molecule has 0 saturated heterocycles. The largest absolute Gasteiger partial charge is 0.493 e. The minimum Gasteiger partial charge on any atom is -0.493 e. The van der Waals surface area contributed by atoms with Crippen LogP contribution in [0.5, 0.6) is 11.5 Å². The first-order valence-corrected chi connectivity index (χ1v) is 13.0. The highest BCUT2D eigenvalue weighted by atomic mass is 16.5. The summed E-state index contributed by atoms with van der Waals surface area (Å²) in [4.78, 5) is 18.0. The molecule has 0 spiro atoms. The Morgan fingerprint density at radius 3 is 2.66 bits per heavy atom. The van der Waals surface area contributed by atoms with Gasteiger partial charge in [-0.15, -0.1) is 0 Å². The second-order valence-corrected chi connectivity index (χ2v) is 10.7. The lowest BCUT2D eigenvalue weighted by Gasteiger charge is -2.30. The van der Waals surface area contributed by atoms with Gasteiger partial charge in [0, 0.05) is 29.0 Å². The van der Waals surface area contributed by atoms with E-state index in [9.17, 15) is 10.1 Å². The lowest BCUT2D eigenvalue weighted by Crippen LogP contribution is -2.27. The molecule has 0 fully saturated rings. The second kappa shape index (κ2) is 9.74.